The highest BCUT2D eigenvalue weighted by molar-refractivity contribution is 7.91. The van der Waals surface area contributed by atoms with Crippen LogP contribution in [0.15, 0.2) is 18.2 Å². The van der Waals surface area contributed by atoms with Crippen LogP contribution in [0.25, 0.3) is 0 Å². The maximum atomic E-state index is 11.8. The van der Waals surface area contributed by atoms with Crippen molar-refractivity contribution in [3.05, 3.63) is 34.9 Å². The zero-order valence-electron chi connectivity index (χ0n) is 10.1. The molecule has 0 bridgehead atoms. The molecule has 1 N–H and O–H groups in total. The van der Waals surface area contributed by atoms with E-state index < -0.39 is 21.1 Å². The number of carbonyl (C=O) groups is 1. The number of hydrogen-bond acceptors (Lipinski definition) is 3. The maximum absolute atomic E-state index is 11.8. The lowest BCUT2D eigenvalue weighted by Gasteiger charge is -2.11. The molecule has 0 aliphatic carbocycles. The maximum Gasteiger partial charge on any atom is 0.321 e. The Morgan fingerprint density at radius 2 is 1.94 bits per heavy atom. The van der Waals surface area contributed by atoms with Crippen molar-refractivity contribution in [2.24, 2.45) is 0 Å². The van der Waals surface area contributed by atoms with E-state index in [-0.39, 0.29) is 5.75 Å². The number of carboxylic acids is 1. The second-order valence-corrected chi connectivity index (χ2v) is 6.54. The van der Waals surface area contributed by atoms with Crippen molar-refractivity contribution in [1.82, 2.24) is 0 Å². The van der Waals surface area contributed by atoms with Gasteiger partial charge in [-0.3, -0.25) is 4.79 Å². The lowest BCUT2D eigenvalue weighted by atomic mass is 10.1. The van der Waals surface area contributed by atoms with Gasteiger partial charge in [-0.1, -0.05) is 23.8 Å². The molecule has 0 saturated carbocycles. The fourth-order valence-electron chi connectivity index (χ4n) is 1.45. The number of hydrogen-bond donors (Lipinski definition) is 1. The van der Waals surface area contributed by atoms with Crippen molar-refractivity contribution in [3.8, 4) is 0 Å². The van der Waals surface area contributed by atoms with E-state index in [4.69, 9.17) is 5.11 Å². The summed E-state index contributed by atoms with van der Waals surface area (Å²) in [6.45, 7) is 4.88. The third-order valence-corrected chi connectivity index (χ3v) is 4.74. The molecule has 0 aliphatic rings. The first-order valence-electron chi connectivity index (χ1n) is 5.24. The molecule has 0 aliphatic heterocycles. The Morgan fingerprint density at radius 1 is 1.35 bits per heavy atom. The van der Waals surface area contributed by atoms with E-state index >= 15 is 0 Å². The monoisotopic (exact) mass is 256 g/mol. The minimum atomic E-state index is -3.65. The van der Waals surface area contributed by atoms with Crippen LogP contribution in [0.5, 0.6) is 0 Å². The van der Waals surface area contributed by atoms with Crippen molar-refractivity contribution in [2.45, 2.75) is 31.8 Å². The fraction of sp³-hybridized carbons (Fsp3) is 0.417. The summed E-state index contributed by atoms with van der Waals surface area (Å²) in [4.78, 5) is 10.7. The molecule has 0 radical (unpaired) electrons. The van der Waals surface area contributed by atoms with Gasteiger partial charge in [0.25, 0.3) is 0 Å². The number of carboxylic acid groups (broad SMARTS) is 1. The Morgan fingerprint density at radius 3 is 2.47 bits per heavy atom. The van der Waals surface area contributed by atoms with E-state index in [1.54, 1.807) is 6.07 Å². The van der Waals surface area contributed by atoms with Crippen molar-refractivity contribution >= 4 is 15.8 Å². The standard InChI is InChI=1S/C12H16O4S/c1-8-4-5-9(2)11(6-8)7-17(15,16)10(3)12(13)14/h4-6,10H,7H2,1-3H3,(H,13,14). The van der Waals surface area contributed by atoms with Gasteiger partial charge in [0.05, 0.1) is 5.75 Å². The van der Waals surface area contributed by atoms with Crippen molar-refractivity contribution in [2.75, 3.05) is 0 Å². The van der Waals surface area contributed by atoms with E-state index in [1.807, 2.05) is 26.0 Å². The molecule has 4 nitrogen and oxygen atoms in total. The predicted molar refractivity (Wildman–Crippen MR) is 65.6 cm³/mol. The Labute approximate surface area is 101 Å². The molecule has 0 saturated heterocycles. The Bertz CT molecular complexity index is 531. The molecular weight excluding hydrogens is 240 g/mol. The summed E-state index contributed by atoms with van der Waals surface area (Å²) in [5.74, 6) is -1.54. The Hall–Kier alpha value is -1.36. The van der Waals surface area contributed by atoms with E-state index in [0.717, 1.165) is 11.1 Å². The van der Waals surface area contributed by atoms with Gasteiger partial charge < -0.3 is 5.11 Å². The highest BCUT2D eigenvalue weighted by Gasteiger charge is 2.28. The summed E-state index contributed by atoms with van der Waals surface area (Å²) in [7, 11) is -3.65. The van der Waals surface area contributed by atoms with E-state index in [0.29, 0.717) is 5.56 Å². The largest absolute Gasteiger partial charge is 0.480 e. The van der Waals surface area contributed by atoms with Crippen LogP contribution in [-0.2, 0) is 20.4 Å². The minimum Gasteiger partial charge on any atom is -0.480 e. The molecule has 0 spiro atoms. The van der Waals surface area contributed by atoms with Gasteiger partial charge in [-0.2, -0.15) is 0 Å². The third kappa shape index (κ3) is 3.30. The van der Waals surface area contributed by atoms with Crippen molar-refractivity contribution < 1.29 is 18.3 Å². The Kier molecular flexibility index (Phi) is 3.93. The van der Waals surface area contributed by atoms with Gasteiger partial charge in [0.2, 0.25) is 0 Å². The number of aliphatic carboxylic acids is 1. The van der Waals surface area contributed by atoms with Crippen LogP contribution in [0.2, 0.25) is 0 Å². The molecule has 0 heterocycles. The van der Waals surface area contributed by atoms with E-state index in [2.05, 4.69) is 0 Å². The first-order chi connectivity index (χ1) is 7.74. The Balaban J connectivity index is 3.06. The normalized spacial score (nSPS) is 13.4. The molecule has 1 unspecified atom stereocenters. The van der Waals surface area contributed by atoms with Crippen LogP contribution in [0, 0.1) is 13.8 Å². The first-order valence-corrected chi connectivity index (χ1v) is 6.96. The van der Waals surface area contributed by atoms with Gasteiger partial charge >= 0.3 is 5.97 Å². The van der Waals surface area contributed by atoms with Gasteiger partial charge in [-0.15, -0.1) is 0 Å². The van der Waals surface area contributed by atoms with E-state index in [9.17, 15) is 13.2 Å². The summed E-state index contributed by atoms with van der Waals surface area (Å²) < 4.78 is 23.6. The molecule has 1 rings (SSSR count). The SMILES string of the molecule is Cc1ccc(C)c(CS(=O)(=O)C(C)C(=O)O)c1. The van der Waals surface area contributed by atoms with Gasteiger partial charge in [-0.05, 0) is 31.9 Å². The lowest BCUT2D eigenvalue weighted by Crippen LogP contribution is -2.28. The molecule has 94 valence electrons. The highest BCUT2D eigenvalue weighted by Crippen LogP contribution is 2.16. The zero-order valence-corrected chi connectivity index (χ0v) is 10.9. The lowest BCUT2D eigenvalue weighted by molar-refractivity contribution is -0.136. The van der Waals surface area contributed by atoms with Crippen molar-refractivity contribution in [1.29, 1.82) is 0 Å². The van der Waals surface area contributed by atoms with Crippen LogP contribution in [-0.4, -0.2) is 24.7 Å². The summed E-state index contributed by atoms with van der Waals surface area (Å²) in [5, 5.41) is 7.37. The molecule has 1 aromatic rings. The van der Waals surface area contributed by atoms with Crippen molar-refractivity contribution in [3.63, 3.8) is 0 Å². The van der Waals surface area contributed by atoms with Crippen LogP contribution in [0.1, 0.15) is 23.6 Å². The molecule has 5 heteroatoms. The summed E-state index contributed by atoms with van der Waals surface area (Å²) in [6.07, 6.45) is 0. The number of sulfone groups is 1. The molecule has 0 fully saturated rings. The average Bonchev–Trinajstić information content (AvgIpc) is 2.21. The molecule has 1 atom stereocenters. The fourth-order valence-corrected chi connectivity index (χ4v) is 2.75. The summed E-state index contributed by atoms with van der Waals surface area (Å²) in [6, 6.07) is 5.51. The van der Waals surface area contributed by atoms with Crippen LogP contribution in [0.3, 0.4) is 0 Å². The zero-order chi connectivity index (χ0) is 13.2. The second kappa shape index (κ2) is 4.87. The first kappa shape index (κ1) is 13.7. The van der Waals surface area contributed by atoms with Crippen LogP contribution < -0.4 is 0 Å². The second-order valence-electron chi connectivity index (χ2n) is 4.22. The van der Waals surface area contributed by atoms with Gasteiger partial charge in [-0.25, -0.2) is 8.42 Å². The average molecular weight is 256 g/mol. The number of benzene rings is 1. The predicted octanol–water partition coefficient (Wildman–Crippen LogP) is 1.69. The molecule has 0 amide bonds. The van der Waals surface area contributed by atoms with Crippen LogP contribution in [0.4, 0.5) is 0 Å². The topological polar surface area (TPSA) is 71.4 Å². The smallest absolute Gasteiger partial charge is 0.321 e. The van der Waals surface area contributed by atoms with Crippen LogP contribution >= 0.6 is 0 Å². The molecule has 0 aromatic heterocycles. The number of aryl methyl sites for hydroxylation is 2. The summed E-state index contributed by atoms with van der Waals surface area (Å²) >= 11 is 0. The highest BCUT2D eigenvalue weighted by atomic mass is 32.2. The quantitative estimate of drug-likeness (QED) is 0.889. The third-order valence-electron chi connectivity index (χ3n) is 2.75. The molecule has 1 aromatic carbocycles. The number of rotatable bonds is 4. The van der Waals surface area contributed by atoms with Gasteiger partial charge in [0, 0.05) is 0 Å². The van der Waals surface area contributed by atoms with E-state index in [1.165, 1.54) is 6.92 Å². The molecular formula is C12H16O4S. The van der Waals surface area contributed by atoms with Gasteiger partial charge in [0.15, 0.2) is 15.1 Å². The van der Waals surface area contributed by atoms with Gasteiger partial charge in [0.1, 0.15) is 0 Å². The molecule has 17 heavy (non-hydrogen) atoms. The summed E-state index contributed by atoms with van der Waals surface area (Å²) in [5.41, 5.74) is 2.48. The minimum absolute atomic E-state index is 0.228.